The molecule has 0 saturated heterocycles. The fourth-order valence-corrected chi connectivity index (χ4v) is 1.76. The van der Waals surface area contributed by atoms with Gasteiger partial charge in [-0.2, -0.15) is 13.2 Å². The van der Waals surface area contributed by atoms with Gasteiger partial charge in [0.1, 0.15) is 17.0 Å². The molecule has 0 spiro atoms. The van der Waals surface area contributed by atoms with E-state index in [1.54, 1.807) is 25.1 Å². The molecule has 0 aliphatic heterocycles. The van der Waals surface area contributed by atoms with Crippen molar-refractivity contribution in [3.63, 3.8) is 0 Å². The zero-order chi connectivity index (χ0) is 14.0. The van der Waals surface area contributed by atoms with Gasteiger partial charge in [0.2, 0.25) is 0 Å². The van der Waals surface area contributed by atoms with Crippen molar-refractivity contribution in [3.05, 3.63) is 30.0 Å². The Kier molecular flexibility index (Phi) is 3.48. The van der Waals surface area contributed by atoms with Crippen LogP contribution in [0.25, 0.3) is 10.9 Å². The molecule has 7 heteroatoms. The van der Waals surface area contributed by atoms with Gasteiger partial charge in [-0.05, 0) is 19.1 Å². The number of halogens is 3. The number of benzene rings is 1. The second kappa shape index (κ2) is 4.93. The van der Waals surface area contributed by atoms with Crippen molar-refractivity contribution in [1.29, 1.82) is 0 Å². The van der Waals surface area contributed by atoms with Gasteiger partial charge in [-0.3, -0.25) is 5.84 Å². The highest BCUT2D eigenvalue weighted by atomic mass is 19.4. The third-order valence-electron chi connectivity index (χ3n) is 2.55. The largest absolute Gasteiger partial charge is 0.492 e. The molecule has 1 heterocycles. The Morgan fingerprint density at radius 2 is 2.11 bits per heavy atom. The van der Waals surface area contributed by atoms with Crippen molar-refractivity contribution in [2.45, 2.75) is 13.1 Å². The van der Waals surface area contributed by atoms with E-state index in [2.05, 4.69) is 10.4 Å². The fraction of sp³-hybridized carbons (Fsp3) is 0.250. The number of fused-ring (bicyclic) bond motifs is 1. The van der Waals surface area contributed by atoms with Crippen molar-refractivity contribution >= 4 is 16.6 Å². The molecule has 1 aromatic heterocycles. The number of anilines is 1. The zero-order valence-electron chi connectivity index (χ0n) is 10.1. The normalized spacial score (nSPS) is 11.6. The SMILES string of the molecule is CCOc1cccc2c(NN)cc(C(F)(F)F)nc12. The number of hydrogen-bond acceptors (Lipinski definition) is 4. The van der Waals surface area contributed by atoms with Gasteiger partial charge in [0.25, 0.3) is 0 Å². The Hall–Kier alpha value is -2.02. The quantitative estimate of drug-likeness (QED) is 0.665. The average molecular weight is 271 g/mol. The number of nitrogens with two attached hydrogens (primary N) is 1. The summed E-state index contributed by atoms with van der Waals surface area (Å²) in [6.45, 7) is 2.08. The third kappa shape index (κ3) is 2.55. The van der Waals surface area contributed by atoms with Crippen LogP contribution in [0.1, 0.15) is 12.6 Å². The van der Waals surface area contributed by atoms with Crippen molar-refractivity contribution in [3.8, 4) is 5.75 Å². The molecule has 3 N–H and O–H groups in total. The predicted octanol–water partition coefficient (Wildman–Crippen LogP) is 2.94. The van der Waals surface area contributed by atoms with Gasteiger partial charge in [0.05, 0.1) is 12.3 Å². The monoisotopic (exact) mass is 271 g/mol. The molecule has 1 aromatic carbocycles. The zero-order valence-corrected chi connectivity index (χ0v) is 10.1. The lowest BCUT2D eigenvalue weighted by Crippen LogP contribution is -2.13. The lowest BCUT2D eigenvalue weighted by atomic mass is 10.1. The highest BCUT2D eigenvalue weighted by Gasteiger charge is 2.33. The van der Waals surface area contributed by atoms with Crippen LogP contribution in [-0.4, -0.2) is 11.6 Å². The Bertz CT molecular complexity index is 599. The van der Waals surface area contributed by atoms with E-state index in [9.17, 15) is 13.2 Å². The number of pyridine rings is 1. The van der Waals surface area contributed by atoms with Crippen molar-refractivity contribution in [1.82, 2.24) is 4.98 Å². The number of nitrogens with one attached hydrogen (secondary N) is 1. The number of alkyl halides is 3. The second-order valence-corrected chi connectivity index (χ2v) is 3.78. The first-order chi connectivity index (χ1) is 8.97. The smallest absolute Gasteiger partial charge is 0.433 e. The first kappa shape index (κ1) is 13.4. The molecule has 0 fully saturated rings. The summed E-state index contributed by atoms with van der Waals surface area (Å²) in [6, 6.07) is 5.74. The minimum absolute atomic E-state index is 0.132. The van der Waals surface area contributed by atoms with E-state index in [1.165, 1.54) is 0 Å². The maximum absolute atomic E-state index is 12.8. The minimum Gasteiger partial charge on any atom is -0.492 e. The van der Waals surface area contributed by atoms with E-state index >= 15 is 0 Å². The molecular formula is C12H12F3N3O. The first-order valence-electron chi connectivity index (χ1n) is 5.57. The van der Waals surface area contributed by atoms with E-state index < -0.39 is 11.9 Å². The molecule has 2 aromatic rings. The lowest BCUT2D eigenvalue weighted by Gasteiger charge is -2.13. The van der Waals surface area contributed by atoms with Gasteiger partial charge in [0.15, 0.2) is 0 Å². The van der Waals surface area contributed by atoms with E-state index in [0.717, 1.165) is 6.07 Å². The van der Waals surface area contributed by atoms with E-state index in [0.29, 0.717) is 17.7 Å². The minimum atomic E-state index is -4.54. The summed E-state index contributed by atoms with van der Waals surface area (Å²) in [5.41, 5.74) is 1.53. The van der Waals surface area contributed by atoms with Crippen LogP contribution in [0.3, 0.4) is 0 Å². The van der Waals surface area contributed by atoms with Gasteiger partial charge < -0.3 is 10.2 Å². The van der Waals surface area contributed by atoms with Gasteiger partial charge in [-0.25, -0.2) is 4.98 Å². The molecule has 0 aliphatic rings. The van der Waals surface area contributed by atoms with Crippen LogP contribution in [0, 0.1) is 0 Å². The van der Waals surface area contributed by atoms with Crippen LogP contribution in [0.2, 0.25) is 0 Å². The fourth-order valence-electron chi connectivity index (χ4n) is 1.76. The summed E-state index contributed by atoms with van der Waals surface area (Å²) < 4.78 is 43.6. The summed E-state index contributed by atoms with van der Waals surface area (Å²) in [5.74, 6) is 5.56. The molecule has 4 nitrogen and oxygen atoms in total. The molecule has 2 rings (SSSR count). The van der Waals surface area contributed by atoms with Crippen LogP contribution in [0.4, 0.5) is 18.9 Å². The van der Waals surface area contributed by atoms with Crippen LogP contribution in [0.15, 0.2) is 24.3 Å². The van der Waals surface area contributed by atoms with Gasteiger partial charge in [-0.15, -0.1) is 0 Å². The molecule has 0 atom stereocenters. The predicted molar refractivity (Wildman–Crippen MR) is 65.7 cm³/mol. The van der Waals surface area contributed by atoms with Crippen LogP contribution < -0.4 is 16.0 Å². The molecule has 102 valence electrons. The van der Waals surface area contributed by atoms with Gasteiger partial charge in [-0.1, -0.05) is 12.1 Å². The highest BCUT2D eigenvalue weighted by molar-refractivity contribution is 5.95. The van der Waals surface area contributed by atoms with E-state index in [4.69, 9.17) is 10.6 Å². The summed E-state index contributed by atoms with van der Waals surface area (Å²) in [4.78, 5) is 3.63. The molecule has 0 amide bonds. The maximum atomic E-state index is 12.8. The number of rotatable bonds is 3. The first-order valence-corrected chi connectivity index (χ1v) is 5.57. The maximum Gasteiger partial charge on any atom is 0.433 e. The van der Waals surface area contributed by atoms with Gasteiger partial charge >= 0.3 is 6.18 Å². The molecule has 0 saturated carbocycles. The number of hydrazine groups is 1. The Labute approximate surface area is 107 Å². The summed E-state index contributed by atoms with van der Waals surface area (Å²) in [5, 5.41) is 0.474. The molecule has 0 unspecified atom stereocenters. The second-order valence-electron chi connectivity index (χ2n) is 3.78. The Morgan fingerprint density at radius 1 is 1.37 bits per heavy atom. The number of para-hydroxylation sites is 1. The molecule has 0 aliphatic carbocycles. The Morgan fingerprint density at radius 3 is 2.68 bits per heavy atom. The van der Waals surface area contributed by atoms with Crippen molar-refractivity contribution in [2.24, 2.45) is 5.84 Å². The summed E-state index contributed by atoms with van der Waals surface area (Å²) in [7, 11) is 0. The van der Waals surface area contributed by atoms with Crippen LogP contribution in [-0.2, 0) is 6.18 Å². The molecule has 0 radical (unpaired) electrons. The molecular weight excluding hydrogens is 259 g/mol. The number of ether oxygens (including phenoxy) is 1. The molecule has 19 heavy (non-hydrogen) atoms. The topological polar surface area (TPSA) is 60.2 Å². The van der Waals surface area contributed by atoms with Crippen molar-refractivity contribution in [2.75, 3.05) is 12.0 Å². The third-order valence-corrected chi connectivity index (χ3v) is 2.55. The number of nitrogen functional groups attached to an aromatic ring is 1. The highest BCUT2D eigenvalue weighted by Crippen LogP contribution is 2.35. The van der Waals surface area contributed by atoms with Crippen molar-refractivity contribution < 1.29 is 17.9 Å². The Balaban J connectivity index is 2.74. The van der Waals surface area contributed by atoms with E-state index in [1.807, 2.05) is 0 Å². The number of nitrogens with zero attached hydrogens (tertiary/aromatic N) is 1. The van der Waals surface area contributed by atoms with Crippen LogP contribution >= 0.6 is 0 Å². The summed E-state index contributed by atoms with van der Waals surface area (Å²) in [6.07, 6.45) is -4.54. The molecule has 0 bridgehead atoms. The standard InChI is InChI=1S/C12H12F3N3O/c1-2-19-9-5-3-4-7-8(18-16)6-10(12(13,14)15)17-11(7)9/h3-6H,2,16H2,1H3,(H,17,18). The lowest BCUT2D eigenvalue weighted by molar-refractivity contribution is -0.140. The number of hydrogen-bond donors (Lipinski definition) is 2. The van der Waals surface area contributed by atoms with E-state index in [-0.39, 0.29) is 11.2 Å². The van der Waals surface area contributed by atoms with Crippen LogP contribution in [0.5, 0.6) is 5.75 Å². The summed E-state index contributed by atoms with van der Waals surface area (Å²) >= 11 is 0. The van der Waals surface area contributed by atoms with Gasteiger partial charge in [0, 0.05) is 5.39 Å². The number of aromatic nitrogens is 1. The average Bonchev–Trinajstić information content (AvgIpc) is 2.37.